The molecule has 0 bridgehead atoms. The minimum Gasteiger partial charge on any atom is -0.493 e. The number of methoxy groups -OCH3 is 1. The van der Waals surface area contributed by atoms with Crippen LogP contribution in [0.1, 0.15) is 131 Å². The third-order valence-electron chi connectivity index (χ3n) is 16.1. The first kappa shape index (κ1) is 59.8. The molecule has 5 aromatic rings. The number of aryl methyl sites for hydroxylation is 3. The second-order valence-electron chi connectivity index (χ2n) is 22.0. The lowest BCUT2D eigenvalue weighted by Gasteiger charge is -2.23. The Balaban J connectivity index is 0.00000205. The predicted molar refractivity (Wildman–Crippen MR) is 311 cm³/mol. The monoisotopic (exact) mass is 1160 g/mol. The molecule has 6 amide bonds. The number of carbonyl (C=O) groups excluding carboxylic acids is 8. The fourth-order valence-corrected chi connectivity index (χ4v) is 11.8. The van der Waals surface area contributed by atoms with E-state index in [0.717, 1.165) is 76.2 Å². The summed E-state index contributed by atoms with van der Waals surface area (Å²) in [6.45, 7) is 5.52. The normalized spacial score (nSPS) is 17.0. The van der Waals surface area contributed by atoms with E-state index in [9.17, 15) is 38.4 Å². The first-order valence-electron chi connectivity index (χ1n) is 28.4. The number of imide groups is 1. The van der Waals surface area contributed by atoms with Crippen LogP contribution in [0.3, 0.4) is 0 Å². The standard InChI is InChI=1S/C64H67N5O11.O3S/c1-38-26-51-43(19-21-48-31-45-12-5-8-16-53(45)68(48)63(51)76)33-56(38)79-36-41-28-42(37-80-58-34-44-20-22-49-32-46-13-6-9-17-54(46)69(49)64(77)52(44)35-57(58)78-4)30-47(29-41)66-62(75)39(2)27-55(71)40(3)65-59(72)18-10-7-14-50(70)15-11-25-67-60(73)23-24-61(67)74;1-4(2)3/h5-6,8-9,12-13,16-17,23-24,26,28-30,33-35,39-40,48-49H,7,10-11,14-15,18-22,25,27,31-32,36-37H2,1-4H3,(H,65,72)(H,66,75);/t39-,40+,48-,49-;/m1./s1. The van der Waals surface area contributed by atoms with Crippen LogP contribution in [0.15, 0.2) is 103 Å². The molecule has 5 heterocycles. The van der Waals surface area contributed by atoms with E-state index in [2.05, 4.69) is 22.8 Å². The van der Waals surface area contributed by atoms with Gasteiger partial charge < -0.3 is 34.6 Å². The molecule has 0 radical (unpaired) electrons. The van der Waals surface area contributed by atoms with Crippen molar-refractivity contribution in [1.82, 2.24) is 10.2 Å². The van der Waals surface area contributed by atoms with Crippen LogP contribution in [0.5, 0.6) is 17.2 Å². The maximum absolute atomic E-state index is 14.2. The van der Waals surface area contributed by atoms with Gasteiger partial charge in [0.1, 0.15) is 24.7 Å². The Morgan fingerprint density at radius 3 is 1.75 bits per heavy atom. The van der Waals surface area contributed by atoms with E-state index in [1.165, 1.54) is 17.7 Å². The van der Waals surface area contributed by atoms with Gasteiger partial charge in [-0.2, -0.15) is 0 Å². The minimum atomic E-state index is -3.11. The predicted octanol–water partition coefficient (Wildman–Crippen LogP) is 8.07. The second-order valence-corrected chi connectivity index (χ2v) is 22.4. The molecule has 0 saturated carbocycles. The number of benzene rings is 5. The van der Waals surface area contributed by atoms with E-state index in [4.69, 9.17) is 26.8 Å². The van der Waals surface area contributed by atoms with E-state index >= 15 is 0 Å². The van der Waals surface area contributed by atoms with Crippen molar-refractivity contribution in [2.45, 2.75) is 136 Å². The van der Waals surface area contributed by atoms with Crippen LogP contribution in [0, 0.1) is 12.8 Å². The largest absolute Gasteiger partial charge is 0.493 e. The Morgan fingerprint density at radius 1 is 0.643 bits per heavy atom. The molecule has 5 aliphatic heterocycles. The van der Waals surface area contributed by atoms with Crippen molar-refractivity contribution in [3.63, 3.8) is 0 Å². The van der Waals surface area contributed by atoms with Gasteiger partial charge in [-0.25, -0.2) is 0 Å². The summed E-state index contributed by atoms with van der Waals surface area (Å²) < 4.78 is 44.2. The molecule has 0 spiro atoms. The zero-order valence-electron chi connectivity index (χ0n) is 47.4. The number of rotatable bonds is 22. The van der Waals surface area contributed by atoms with Crippen LogP contribution in [-0.4, -0.2) is 96.3 Å². The maximum atomic E-state index is 14.2. The molecule has 0 unspecified atom stereocenters. The van der Waals surface area contributed by atoms with Gasteiger partial charge in [0.25, 0.3) is 23.6 Å². The summed E-state index contributed by atoms with van der Waals surface area (Å²) in [7, 11) is -1.57. The lowest BCUT2D eigenvalue weighted by molar-refractivity contribution is -0.137. The summed E-state index contributed by atoms with van der Waals surface area (Å²) >= 11 is 0. The summed E-state index contributed by atoms with van der Waals surface area (Å²) in [6.07, 6.45) is 8.78. The Labute approximate surface area is 488 Å². The first-order valence-corrected chi connectivity index (χ1v) is 29.4. The summed E-state index contributed by atoms with van der Waals surface area (Å²) in [5, 5.41) is 5.74. The molecule has 2 N–H and O–H groups in total. The summed E-state index contributed by atoms with van der Waals surface area (Å²) in [5.74, 6) is -1.17. The smallest absolute Gasteiger partial charge is 0.425 e. The van der Waals surface area contributed by atoms with E-state index in [-0.39, 0.29) is 98.6 Å². The van der Waals surface area contributed by atoms with Gasteiger partial charge in [0.05, 0.1) is 13.2 Å². The Bertz CT molecular complexity index is 3580. The van der Waals surface area contributed by atoms with Gasteiger partial charge in [-0.1, -0.05) is 43.3 Å². The molecule has 5 aromatic carbocycles. The highest BCUT2D eigenvalue weighted by molar-refractivity contribution is 7.59. The SMILES string of the molecule is COc1cc2c(cc1OCc1cc(COc3cc4c(cc3C)C(=O)N3c5ccccc5C[C@H]3CC4)cc(NC(=O)[C@H](C)CC(=O)[C@H](C)NC(=O)CCCCC(=O)CCCN3C(=O)C=CC3=O)c1)CC[C@@H]1Cc3ccccc3N1C2=O.O=S(=O)=O. The zero-order chi connectivity index (χ0) is 59.8. The second kappa shape index (κ2) is 26.6. The van der Waals surface area contributed by atoms with Crippen LogP contribution in [0.4, 0.5) is 17.1 Å². The third-order valence-corrected chi connectivity index (χ3v) is 16.1. The molecular formula is C64H67N5O14S. The van der Waals surface area contributed by atoms with E-state index < -0.39 is 28.5 Å². The van der Waals surface area contributed by atoms with Gasteiger partial charge in [0.15, 0.2) is 17.3 Å². The minimum absolute atomic E-state index is 0.00643. The number of amides is 6. The van der Waals surface area contributed by atoms with Crippen molar-refractivity contribution in [2.24, 2.45) is 5.92 Å². The summed E-state index contributed by atoms with van der Waals surface area (Å²) in [4.78, 5) is 109. The number of carbonyl (C=O) groups is 8. The molecule has 84 heavy (non-hydrogen) atoms. The van der Waals surface area contributed by atoms with Gasteiger partial charge in [-0.3, -0.25) is 43.3 Å². The molecule has 0 fully saturated rings. The van der Waals surface area contributed by atoms with Crippen LogP contribution in [0.25, 0.3) is 0 Å². The third kappa shape index (κ3) is 14.0. The van der Waals surface area contributed by atoms with Crippen LogP contribution in [0.2, 0.25) is 0 Å². The van der Waals surface area contributed by atoms with Gasteiger partial charge in [-0.15, -0.1) is 12.6 Å². The van der Waals surface area contributed by atoms with E-state index in [1.54, 1.807) is 33.1 Å². The topological polar surface area (TPSA) is 249 Å². The highest BCUT2D eigenvalue weighted by Crippen LogP contribution is 2.42. The van der Waals surface area contributed by atoms with E-state index in [1.807, 2.05) is 83.5 Å². The number of ether oxygens (including phenoxy) is 3. The van der Waals surface area contributed by atoms with Gasteiger partial charge in [0, 0.05) is 90.6 Å². The van der Waals surface area contributed by atoms with Crippen molar-refractivity contribution in [3.8, 4) is 17.2 Å². The van der Waals surface area contributed by atoms with Crippen LogP contribution in [-0.2, 0) is 78.3 Å². The van der Waals surface area contributed by atoms with E-state index in [0.29, 0.717) is 65.3 Å². The number of para-hydroxylation sites is 2. The average molecular weight is 1160 g/mol. The van der Waals surface area contributed by atoms with Crippen molar-refractivity contribution in [2.75, 3.05) is 28.8 Å². The maximum Gasteiger partial charge on any atom is 0.425 e. The molecule has 438 valence electrons. The molecule has 5 aliphatic rings. The van der Waals surface area contributed by atoms with Crippen molar-refractivity contribution in [1.29, 1.82) is 0 Å². The quantitative estimate of drug-likeness (QED) is 0.0491. The summed E-state index contributed by atoms with van der Waals surface area (Å²) in [6, 6.07) is 28.5. The number of unbranched alkanes of at least 4 members (excludes halogenated alkanes) is 1. The number of ketones is 2. The highest BCUT2D eigenvalue weighted by Gasteiger charge is 2.39. The molecular weight excluding hydrogens is 1090 g/mol. The molecule has 19 nitrogen and oxygen atoms in total. The fraction of sp³-hybridized carbons (Fsp3) is 0.375. The molecule has 20 heteroatoms. The lowest BCUT2D eigenvalue weighted by atomic mass is 9.98. The molecule has 10 rings (SSSR count). The number of nitrogens with one attached hydrogen (secondary N) is 2. The van der Waals surface area contributed by atoms with Crippen LogP contribution >= 0.6 is 0 Å². The average Bonchev–Trinajstić information content (AvgIpc) is 2.68. The molecule has 4 atom stereocenters. The molecule has 0 saturated heterocycles. The van der Waals surface area contributed by atoms with Gasteiger partial charge in [-0.05, 0) is 165 Å². The Hall–Kier alpha value is -8.78. The van der Waals surface area contributed by atoms with Crippen LogP contribution < -0.4 is 34.6 Å². The van der Waals surface area contributed by atoms with Gasteiger partial charge >= 0.3 is 10.6 Å². The fourth-order valence-electron chi connectivity index (χ4n) is 11.8. The van der Waals surface area contributed by atoms with Crippen molar-refractivity contribution >= 4 is 74.7 Å². The number of anilines is 3. The molecule has 0 aromatic heterocycles. The number of hydrogen-bond donors (Lipinski definition) is 2. The van der Waals surface area contributed by atoms with Gasteiger partial charge in [0.2, 0.25) is 11.8 Å². The Morgan fingerprint density at radius 2 is 1.17 bits per heavy atom. The van der Waals surface area contributed by atoms with Crippen molar-refractivity contribution in [3.05, 3.63) is 153 Å². The summed E-state index contributed by atoms with van der Waals surface area (Å²) in [5.41, 5.74) is 10.0. The Kier molecular flexibility index (Phi) is 19.0. The number of nitrogens with zero attached hydrogens (tertiary/aromatic N) is 3. The highest BCUT2D eigenvalue weighted by atomic mass is 32.2. The lowest BCUT2D eigenvalue weighted by Crippen LogP contribution is -2.39. The molecule has 0 aliphatic carbocycles. The zero-order valence-corrected chi connectivity index (χ0v) is 48.2. The first-order chi connectivity index (χ1) is 40.3. The number of Topliss-reactive ketones (excluding diaryl/α,β-unsaturated/α-hetero) is 2. The van der Waals surface area contributed by atoms with Crippen molar-refractivity contribution < 1.29 is 65.2 Å². The number of fused-ring (bicyclic) bond motifs is 8. The number of hydrogen-bond acceptors (Lipinski definition) is 14.